The number of carbonyl (C=O) groups excluding carboxylic acids is 1. The molecule has 86 valence electrons. The van der Waals surface area contributed by atoms with E-state index in [2.05, 4.69) is 6.07 Å². The summed E-state index contributed by atoms with van der Waals surface area (Å²) in [5.41, 5.74) is 2.30. The molecule has 1 aliphatic rings. The van der Waals surface area contributed by atoms with Gasteiger partial charge in [0.2, 0.25) is 5.91 Å². The lowest BCUT2D eigenvalue weighted by molar-refractivity contribution is -0.118. The van der Waals surface area contributed by atoms with E-state index in [0.717, 1.165) is 24.4 Å². The van der Waals surface area contributed by atoms with E-state index in [-0.39, 0.29) is 5.91 Å². The van der Waals surface area contributed by atoms with Crippen LogP contribution in [0.1, 0.15) is 11.3 Å². The summed E-state index contributed by atoms with van der Waals surface area (Å²) in [5.74, 6) is 0.823. The molecule has 0 unspecified atom stereocenters. The summed E-state index contributed by atoms with van der Waals surface area (Å²) >= 11 is 0. The lowest BCUT2D eigenvalue weighted by atomic mass is 10.2. The molecule has 0 spiro atoms. The molecule has 1 amide bonds. The first-order valence-electron chi connectivity index (χ1n) is 5.75. The van der Waals surface area contributed by atoms with Gasteiger partial charge in [-0.05, 0) is 30.2 Å². The van der Waals surface area contributed by atoms with Gasteiger partial charge in [-0.3, -0.25) is 4.79 Å². The summed E-state index contributed by atoms with van der Waals surface area (Å²) in [5, 5.41) is 0. The van der Waals surface area contributed by atoms with Crippen LogP contribution in [0.3, 0.4) is 0 Å². The zero-order valence-corrected chi connectivity index (χ0v) is 9.43. The Morgan fingerprint density at radius 1 is 1.24 bits per heavy atom. The summed E-state index contributed by atoms with van der Waals surface area (Å²) in [6, 6.07) is 11.7. The van der Waals surface area contributed by atoms with Crippen LogP contribution < -0.4 is 4.90 Å². The van der Waals surface area contributed by atoms with Gasteiger partial charge in [0.1, 0.15) is 5.76 Å². The number of benzene rings is 1. The lowest BCUT2D eigenvalue weighted by Crippen LogP contribution is -2.30. The third-order valence-electron chi connectivity index (χ3n) is 3.09. The Morgan fingerprint density at radius 2 is 2.12 bits per heavy atom. The van der Waals surface area contributed by atoms with Crippen LogP contribution in [0.25, 0.3) is 0 Å². The molecule has 0 saturated carbocycles. The number of para-hydroxylation sites is 1. The molecule has 3 nitrogen and oxygen atoms in total. The second kappa shape index (κ2) is 4.09. The van der Waals surface area contributed by atoms with Gasteiger partial charge in [-0.25, -0.2) is 0 Å². The van der Waals surface area contributed by atoms with E-state index < -0.39 is 0 Å². The average Bonchev–Trinajstić information content (AvgIpc) is 2.96. The first-order chi connectivity index (χ1) is 8.34. The minimum absolute atomic E-state index is 0.102. The van der Waals surface area contributed by atoms with E-state index >= 15 is 0 Å². The Hall–Kier alpha value is -2.03. The molecule has 1 aromatic carbocycles. The van der Waals surface area contributed by atoms with E-state index in [0.29, 0.717) is 6.42 Å². The van der Waals surface area contributed by atoms with Crippen molar-refractivity contribution in [1.82, 2.24) is 0 Å². The quantitative estimate of drug-likeness (QED) is 0.789. The average molecular weight is 227 g/mol. The maximum atomic E-state index is 12.1. The van der Waals surface area contributed by atoms with Crippen LogP contribution in [0.15, 0.2) is 47.1 Å². The molecule has 1 aliphatic heterocycles. The van der Waals surface area contributed by atoms with Gasteiger partial charge in [-0.1, -0.05) is 18.2 Å². The van der Waals surface area contributed by atoms with E-state index in [9.17, 15) is 4.79 Å². The highest BCUT2D eigenvalue weighted by Gasteiger charge is 2.24. The van der Waals surface area contributed by atoms with Gasteiger partial charge in [0.25, 0.3) is 0 Å². The van der Waals surface area contributed by atoms with Gasteiger partial charge in [-0.2, -0.15) is 0 Å². The summed E-state index contributed by atoms with van der Waals surface area (Å²) < 4.78 is 5.20. The van der Waals surface area contributed by atoms with Crippen molar-refractivity contribution in [2.24, 2.45) is 0 Å². The Labute approximate surface area is 99.7 Å². The molecule has 0 saturated heterocycles. The number of fused-ring (bicyclic) bond motifs is 1. The van der Waals surface area contributed by atoms with E-state index in [4.69, 9.17) is 4.42 Å². The summed E-state index contributed by atoms with van der Waals surface area (Å²) in [7, 11) is 0. The topological polar surface area (TPSA) is 33.5 Å². The molecular weight excluding hydrogens is 214 g/mol. The van der Waals surface area contributed by atoms with Crippen molar-refractivity contribution in [3.05, 3.63) is 54.0 Å². The van der Waals surface area contributed by atoms with E-state index in [1.807, 2.05) is 29.2 Å². The SMILES string of the molecule is O=C(Cc1ccco1)N1CCc2ccccc21. The molecular formula is C14H13NO2. The largest absolute Gasteiger partial charge is 0.469 e. The minimum atomic E-state index is 0.102. The fraction of sp³-hybridized carbons (Fsp3) is 0.214. The van der Waals surface area contributed by atoms with Crippen molar-refractivity contribution in [3.63, 3.8) is 0 Å². The van der Waals surface area contributed by atoms with Crippen LogP contribution in [-0.4, -0.2) is 12.5 Å². The molecule has 2 aromatic rings. The molecule has 1 aromatic heterocycles. The zero-order valence-electron chi connectivity index (χ0n) is 9.43. The summed E-state index contributed by atoms with van der Waals surface area (Å²) in [6.07, 6.45) is 2.88. The highest BCUT2D eigenvalue weighted by atomic mass is 16.3. The highest BCUT2D eigenvalue weighted by Crippen LogP contribution is 2.27. The Kier molecular flexibility index (Phi) is 2.44. The van der Waals surface area contributed by atoms with Crippen LogP contribution in [0.2, 0.25) is 0 Å². The Morgan fingerprint density at radius 3 is 2.94 bits per heavy atom. The number of furan rings is 1. The number of nitrogens with zero attached hydrogens (tertiary/aromatic N) is 1. The van der Waals surface area contributed by atoms with Gasteiger partial charge in [-0.15, -0.1) is 0 Å². The molecule has 0 radical (unpaired) electrons. The molecule has 0 N–H and O–H groups in total. The van der Waals surface area contributed by atoms with Crippen molar-refractivity contribution >= 4 is 11.6 Å². The van der Waals surface area contributed by atoms with Crippen molar-refractivity contribution in [3.8, 4) is 0 Å². The van der Waals surface area contributed by atoms with Gasteiger partial charge in [0.15, 0.2) is 0 Å². The predicted molar refractivity (Wildman–Crippen MR) is 64.9 cm³/mol. The van der Waals surface area contributed by atoms with E-state index in [1.165, 1.54) is 5.56 Å². The zero-order chi connectivity index (χ0) is 11.7. The van der Waals surface area contributed by atoms with Crippen molar-refractivity contribution in [2.75, 3.05) is 11.4 Å². The molecule has 0 fully saturated rings. The number of hydrogen-bond donors (Lipinski definition) is 0. The van der Waals surface area contributed by atoms with Crippen LogP contribution in [0.5, 0.6) is 0 Å². The maximum Gasteiger partial charge on any atom is 0.234 e. The van der Waals surface area contributed by atoms with Crippen LogP contribution in [0.4, 0.5) is 5.69 Å². The third-order valence-corrected chi connectivity index (χ3v) is 3.09. The van der Waals surface area contributed by atoms with Crippen LogP contribution in [0, 0.1) is 0 Å². The second-order valence-electron chi connectivity index (χ2n) is 4.18. The normalized spacial score (nSPS) is 13.8. The standard InChI is InChI=1S/C14H13NO2/c16-14(10-12-5-3-9-17-12)15-8-7-11-4-1-2-6-13(11)15/h1-6,9H,7-8,10H2. The lowest BCUT2D eigenvalue weighted by Gasteiger charge is -2.16. The van der Waals surface area contributed by atoms with Crippen molar-refractivity contribution in [1.29, 1.82) is 0 Å². The van der Waals surface area contributed by atoms with Crippen LogP contribution >= 0.6 is 0 Å². The fourth-order valence-electron chi connectivity index (χ4n) is 2.25. The number of anilines is 1. The van der Waals surface area contributed by atoms with Gasteiger partial charge in [0.05, 0.1) is 12.7 Å². The molecule has 0 atom stereocenters. The predicted octanol–water partition coefficient (Wildman–Crippen LogP) is 2.41. The van der Waals surface area contributed by atoms with Gasteiger partial charge in [0, 0.05) is 12.2 Å². The molecule has 2 heterocycles. The van der Waals surface area contributed by atoms with Crippen molar-refractivity contribution in [2.45, 2.75) is 12.8 Å². The monoisotopic (exact) mass is 227 g/mol. The first-order valence-corrected chi connectivity index (χ1v) is 5.75. The van der Waals surface area contributed by atoms with E-state index in [1.54, 1.807) is 12.3 Å². The molecule has 3 heteroatoms. The molecule has 17 heavy (non-hydrogen) atoms. The number of rotatable bonds is 2. The fourth-order valence-corrected chi connectivity index (χ4v) is 2.25. The number of hydrogen-bond acceptors (Lipinski definition) is 2. The van der Waals surface area contributed by atoms with Gasteiger partial charge >= 0.3 is 0 Å². The second-order valence-corrected chi connectivity index (χ2v) is 4.18. The smallest absolute Gasteiger partial charge is 0.234 e. The number of amides is 1. The van der Waals surface area contributed by atoms with Crippen molar-refractivity contribution < 1.29 is 9.21 Å². The Balaban J connectivity index is 1.80. The first kappa shape index (κ1) is 10.1. The maximum absolute atomic E-state index is 12.1. The molecule has 0 bridgehead atoms. The highest BCUT2D eigenvalue weighted by molar-refractivity contribution is 5.96. The Bertz CT molecular complexity index is 531. The van der Waals surface area contributed by atoms with Crippen LogP contribution in [-0.2, 0) is 17.6 Å². The minimum Gasteiger partial charge on any atom is -0.469 e. The molecule has 3 rings (SSSR count). The summed E-state index contributed by atoms with van der Waals surface area (Å²) in [4.78, 5) is 14.0. The number of carbonyl (C=O) groups is 1. The molecule has 0 aliphatic carbocycles. The van der Waals surface area contributed by atoms with Gasteiger partial charge < -0.3 is 9.32 Å². The summed E-state index contributed by atoms with van der Waals surface area (Å²) in [6.45, 7) is 0.777. The third kappa shape index (κ3) is 1.84.